The van der Waals surface area contributed by atoms with Crippen LogP contribution in [0.3, 0.4) is 0 Å². The van der Waals surface area contributed by atoms with E-state index >= 15 is 0 Å². The number of pyridine rings is 2. The lowest BCUT2D eigenvalue weighted by atomic mass is 9.87. The Kier molecular flexibility index (Phi) is 4.40. The van der Waals surface area contributed by atoms with Gasteiger partial charge in [0, 0.05) is 37.2 Å². The van der Waals surface area contributed by atoms with Crippen molar-refractivity contribution in [2.45, 2.75) is 25.4 Å². The predicted molar refractivity (Wildman–Crippen MR) is 87.3 cm³/mol. The summed E-state index contributed by atoms with van der Waals surface area (Å²) in [6.07, 6.45) is 5.37. The maximum absolute atomic E-state index is 12.3. The van der Waals surface area contributed by atoms with E-state index in [9.17, 15) is 14.7 Å². The monoisotopic (exact) mass is 325 g/mol. The highest BCUT2D eigenvalue weighted by atomic mass is 16.3. The predicted octanol–water partition coefficient (Wildman–Crippen LogP) is 1.48. The lowest BCUT2D eigenvalue weighted by Gasteiger charge is -2.37. The van der Waals surface area contributed by atoms with E-state index in [2.05, 4.69) is 9.97 Å². The van der Waals surface area contributed by atoms with Crippen LogP contribution in [0.5, 0.6) is 0 Å². The number of Topliss-reactive ketones (excluding diaryl/α,β-unsaturated/α-hetero) is 1. The number of amides is 1. The molecule has 6 nitrogen and oxygen atoms in total. The van der Waals surface area contributed by atoms with Gasteiger partial charge in [0.05, 0.1) is 5.69 Å². The average molecular weight is 325 g/mol. The molecule has 0 saturated carbocycles. The summed E-state index contributed by atoms with van der Waals surface area (Å²) in [7, 11) is 0. The third kappa shape index (κ3) is 3.19. The summed E-state index contributed by atoms with van der Waals surface area (Å²) in [6, 6.07) is 6.92. The quantitative estimate of drug-likeness (QED) is 0.682. The Hall–Kier alpha value is -2.60. The average Bonchev–Trinajstić information content (AvgIpc) is 2.62. The molecular weight excluding hydrogens is 306 g/mol. The van der Waals surface area contributed by atoms with Crippen molar-refractivity contribution in [1.29, 1.82) is 0 Å². The van der Waals surface area contributed by atoms with Crippen LogP contribution in [0.15, 0.2) is 42.9 Å². The van der Waals surface area contributed by atoms with Gasteiger partial charge >= 0.3 is 0 Å². The molecule has 0 radical (unpaired) electrons. The van der Waals surface area contributed by atoms with E-state index in [1.54, 1.807) is 24.5 Å². The van der Waals surface area contributed by atoms with Gasteiger partial charge in [-0.2, -0.15) is 0 Å². The number of aryl methyl sites for hydroxylation is 1. The number of ketones is 1. The summed E-state index contributed by atoms with van der Waals surface area (Å²) in [4.78, 5) is 34.2. The number of piperidine rings is 1. The first-order chi connectivity index (χ1) is 11.5. The highest BCUT2D eigenvalue weighted by molar-refractivity contribution is 6.42. The van der Waals surface area contributed by atoms with E-state index in [0.29, 0.717) is 31.6 Å². The second kappa shape index (κ2) is 6.49. The van der Waals surface area contributed by atoms with Crippen LogP contribution in [0.1, 0.15) is 34.5 Å². The molecule has 0 atom stereocenters. The fraction of sp³-hybridized carbons (Fsp3) is 0.333. The molecule has 0 bridgehead atoms. The Morgan fingerprint density at radius 1 is 1.17 bits per heavy atom. The molecule has 1 saturated heterocycles. The van der Waals surface area contributed by atoms with Crippen molar-refractivity contribution in [3.63, 3.8) is 0 Å². The molecule has 1 amide bonds. The second-order valence-electron chi connectivity index (χ2n) is 6.12. The normalized spacial score (nSPS) is 16.7. The van der Waals surface area contributed by atoms with Crippen molar-refractivity contribution in [3.8, 4) is 0 Å². The fourth-order valence-electron chi connectivity index (χ4n) is 2.84. The Labute approximate surface area is 140 Å². The number of likely N-dealkylation sites (tertiary alicyclic amines) is 1. The van der Waals surface area contributed by atoms with Crippen LogP contribution >= 0.6 is 0 Å². The van der Waals surface area contributed by atoms with Crippen molar-refractivity contribution in [3.05, 3.63) is 59.7 Å². The topological polar surface area (TPSA) is 83.4 Å². The maximum atomic E-state index is 12.3. The highest BCUT2D eigenvalue weighted by Crippen LogP contribution is 2.31. The molecule has 3 rings (SSSR count). The number of hydrogen-bond acceptors (Lipinski definition) is 5. The minimum Gasteiger partial charge on any atom is -0.383 e. The number of hydrogen-bond donors (Lipinski definition) is 1. The smallest absolute Gasteiger partial charge is 0.295 e. The van der Waals surface area contributed by atoms with E-state index in [1.165, 1.54) is 11.1 Å². The van der Waals surface area contributed by atoms with Crippen LogP contribution < -0.4 is 0 Å². The van der Waals surface area contributed by atoms with E-state index in [4.69, 9.17) is 0 Å². The van der Waals surface area contributed by atoms with Gasteiger partial charge in [-0.1, -0.05) is 6.07 Å². The zero-order valence-corrected chi connectivity index (χ0v) is 13.5. The van der Waals surface area contributed by atoms with Gasteiger partial charge in [0.15, 0.2) is 0 Å². The molecule has 1 fully saturated rings. The van der Waals surface area contributed by atoms with Crippen molar-refractivity contribution >= 4 is 11.7 Å². The summed E-state index contributed by atoms with van der Waals surface area (Å²) >= 11 is 0. The largest absolute Gasteiger partial charge is 0.383 e. The van der Waals surface area contributed by atoms with Crippen LogP contribution in [-0.4, -0.2) is 44.8 Å². The molecule has 0 aliphatic carbocycles. The molecule has 1 aliphatic heterocycles. The molecule has 1 aliphatic rings. The zero-order chi connectivity index (χ0) is 17.2. The number of carbonyl (C=O) groups is 2. The van der Waals surface area contributed by atoms with Gasteiger partial charge < -0.3 is 10.0 Å². The summed E-state index contributed by atoms with van der Waals surface area (Å²) in [6.45, 7) is 2.57. The molecule has 3 heterocycles. The molecule has 2 aromatic rings. The standard InChI is InChI=1S/C18H19N3O3/c1-13-4-5-15(20-11-13)18(24)6-9-21(10-7-18)17(23)16(22)14-3-2-8-19-12-14/h2-5,8,11-12,24H,6-7,9-10H2,1H3. The summed E-state index contributed by atoms with van der Waals surface area (Å²) in [5.74, 6) is -1.12. The van der Waals surface area contributed by atoms with Gasteiger partial charge in [-0.15, -0.1) is 0 Å². The number of nitrogens with zero attached hydrogens (tertiary/aromatic N) is 3. The molecule has 2 aromatic heterocycles. The second-order valence-corrected chi connectivity index (χ2v) is 6.12. The lowest BCUT2D eigenvalue weighted by Crippen LogP contribution is -2.47. The van der Waals surface area contributed by atoms with Crippen molar-refractivity contribution in [1.82, 2.24) is 14.9 Å². The van der Waals surface area contributed by atoms with E-state index in [1.807, 2.05) is 19.1 Å². The first-order valence-corrected chi connectivity index (χ1v) is 7.89. The summed E-state index contributed by atoms with van der Waals surface area (Å²) in [5.41, 5.74) is 0.862. The third-order valence-corrected chi connectivity index (χ3v) is 4.38. The summed E-state index contributed by atoms with van der Waals surface area (Å²) < 4.78 is 0. The first-order valence-electron chi connectivity index (χ1n) is 7.89. The molecule has 0 spiro atoms. The van der Waals surface area contributed by atoms with Gasteiger partial charge in [0.2, 0.25) is 0 Å². The van der Waals surface area contributed by atoms with Crippen molar-refractivity contribution in [2.24, 2.45) is 0 Å². The first kappa shape index (κ1) is 16.3. The van der Waals surface area contributed by atoms with E-state index < -0.39 is 17.3 Å². The van der Waals surface area contributed by atoms with Crippen LogP contribution in [-0.2, 0) is 10.4 Å². The number of carbonyl (C=O) groups excluding carboxylic acids is 2. The van der Waals surface area contributed by atoms with Gasteiger partial charge in [-0.05, 0) is 43.5 Å². The molecule has 24 heavy (non-hydrogen) atoms. The van der Waals surface area contributed by atoms with Crippen molar-refractivity contribution < 1.29 is 14.7 Å². The Balaban J connectivity index is 1.67. The summed E-state index contributed by atoms with van der Waals surface area (Å²) in [5, 5.41) is 10.8. The minimum absolute atomic E-state index is 0.281. The molecule has 124 valence electrons. The molecule has 0 unspecified atom stereocenters. The number of aliphatic hydroxyl groups is 1. The van der Waals surface area contributed by atoms with Gasteiger partial charge in [0.25, 0.3) is 11.7 Å². The minimum atomic E-state index is -1.05. The van der Waals surface area contributed by atoms with Crippen LogP contribution in [0.2, 0.25) is 0 Å². The number of rotatable bonds is 3. The van der Waals surface area contributed by atoms with Crippen LogP contribution in [0.4, 0.5) is 0 Å². The molecule has 0 aromatic carbocycles. The Bertz CT molecular complexity index is 736. The Morgan fingerprint density at radius 3 is 2.50 bits per heavy atom. The lowest BCUT2D eigenvalue weighted by molar-refractivity contribution is -0.131. The molecular formula is C18H19N3O3. The van der Waals surface area contributed by atoms with E-state index in [-0.39, 0.29) is 5.56 Å². The fourth-order valence-corrected chi connectivity index (χ4v) is 2.84. The van der Waals surface area contributed by atoms with Gasteiger partial charge in [-0.25, -0.2) is 0 Å². The SMILES string of the molecule is Cc1ccc(C2(O)CCN(C(=O)C(=O)c3cccnc3)CC2)nc1. The van der Waals surface area contributed by atoms with Gasteiger partial charge in [-0.3, -0.25) is 19.6 Å². The van der Waals surface area contributed by atoms with Crippen molar-refractivity contribution in [2.75, 3.05) is 13.1 Å². The highest BCUT2D eigenvalue weighted by Gasteiger charge is 2.37. The Morgan fingerprint density at radius 2 is 1.92 bits per heavy atom. The number of aromatic nitrogens is 2. The van der Waals surface area contributed by atoms with Gasteiger partial charge in [0.1, 0.15) is 5.60 Å². The maximum Gasteiger partial charge on any atom is 0.295 e. The zero-order valence-electron chi connectivity index (χ0n) is 13.5. The molecule has 1 N–H and O–H groups in total. The third-order valence-electron chi connectivity index (χ3n) is 4.38. The van der Waals surface area contributed by atoms with E-state index in [0.717, 1.165) is 5.56 Å². The van der Waals surface area contributed by atoms with Crippen LogP contribution in [0, 0.1) is 6.92 Å². The molecule has 6 heteroatoms. The van der Waals surface area contributed by atoms with Crippen LogP contribution in [0.25, 0.3) is 0 Å².